The predicted molar refractivity (Wildman–Crippen MR) is 82.2 cm³/mol. The molecule has 0 unspecified atom stereocenters. The summed E-state index contributed by atoms with van der Waals surface area (Å²) < 4.78 is 40.1. The molecule has 2 amide bonds. The third-order valence-corrected chi connectivity index (χ3v) is 3.41. The first-order chi connectivity index (χ1) is 11.2. The van der Waals surface area contributed by atoms with Crippen LogP contribution in [0.5, 0.6) is 0 Å². The number of halogens is 4. The van der Waals surface area contributed by atoms with E-state index in [4.69, 9.17) is 11.6 Å². The molecule has 0 aliphatic carbocycles. The molecule has 1 aliphatic heterocycles. The highest BCUT2D eigenvalue weighted by atomic mass is 35.5. The van der Waals surface area contributed by atoms with Crippen LogP contribution in [0.15, 0.2) is 18.2 Å². The van der Waals surface area contributed by atoms with Crippen molar-refractivity contribution < 1.29 is 27.5 Å². The number of rotatable bonds is 5. The topological polar surface area (TPSA) is 70.7 Å². The molecule has 2 N–H and O–H groups in total. The van der Waals surface area contributed by atoms with Gasteiger partial charge in [0.2, 0.25) is 11.8 Å². The Kier molecular flexibility index (Phi) is 5.89. The highest BCUT2D eigenvalue weighted by molar-refractivity contribution is 6.33. The molecule has 0 saturated carbocycles. The number of piperazine rings is 1. The lowest BCUT2D eigenvalue weighted by molar-refractivity contribution is -0.174. The van der Waals surface area contributed by atoms with Crippen LogP contribution >= 0.6 is 11.6 Å². The van der Waals surface area contributed by atoms with Gasteiger partial charge < -0.3 is 20.3 Å². The van der Waals surface area contributed by atoms with Crippen LogP contribution in [0.4, 0.5) is 24.5 Å². The Balaban J connectivity index is 1.92. The van der Waals surface area contributed by atoms with E-state index in [1.165, 1.54) is 6.07 Å². The molecule has 1 aliphatic rings. The van der Waals surface area contributed by atoms with E-state index in [0.717, 1.165) is 0 Å². The van der Waals surface area contributed by atoms with Crippen LogP contribution in [0.3, 0.4) is 0 Å². The number of carbonyl (C=O) groups excluding carboxylic acids is 2. The van der Waals surface area contributed by atoms with Gasteiger partial charge >= 0.3 is 6.18 Å². The fourth-order valence-electron chi connectivity index (χ4n) is 2.14. The van der Waals surface area contributed by atoms with Crippen LogP contribution in [-0.2, 0) is 14.3 Å². The number of benzene rings is 1. The minimum Gasteiger partial charge on any atom is -0.362 e. The van der Waals surface area contributed by atoms with Gasteiger partial charge in [0.15, 0.2) is 0 Å². The third kappa shape index (κ3) is 5.57. The molecule has 1 aromatic rings. The van der Waals surface area contributed by atoms with Gasteiger partial charge in [-0.3, -0.25) is 9.59 Å². The Hall–Kier alpha value is -2.00. The molecule has 0 spiro atoms. The number of amides is 2. The van der Waals surface area contributed by atoms with Crippen molar-refractivity contribution in [2.75, 3.05) is 43.1 Å². The second kappa shape index (κ2) is 7.71. The molecule has 0 atom stereocenters. The largest absolute Gasteiger partial charge is 0.411 e. The second-order valence-electron chi connectivity index (χ2n) is 5.09. The van der Waals surface area contributed by atoms with Gasteiger partial charge in [0.1, 0.15) is 13.2 Å². The highest BCUT2D eigenvalue weighted by Gasteiger charge is 2.27. The first-order valence-corrected chi connectivity index (χ1v) is 7.38. The fourth-order valence-corrected chi connectivity index (χ4v) is 2.44. The smallest absolute Gasteiger partial charge is 0.362 e. The quantitative estimate of drug-likeness (QED) is 0.834. The van der Waals surface area contributed by atoms with Gasteiger partial charge in [0.25, 0.3) is 0 Å². The Morgan fingerprint density at radius 2 is 2.17 bits per heavy atom. The van der Waals surface area contributed by atoms with Gasteiger partial charge in [0.05, 0.1) is 17.3 Å². The van der Waals surface area contributed by atoms with Crippen molar-refractivity contribution in [1.82, 2.24) is 5.32 Å². The third-order valence-electron chi connectivity index (χ3n) is 3.11. The standard InChI is InChI=1S/C14H15ClF3N3O3/c15-10-5-9(20-13(23)7-24-8-14(16,17)18)1-2-11(10)21-4-3-19-12(22)6-21/h1-2,5H,3-4,6-8H2,(H,19,22)(H,20,23). The first kappa shape index (κ1) is 18.3. The molecular weight excluding hydrogens is 351 g/mol. The minimum absolute atomic E-state index is 0.114. The number of alkyl halides is 3. The van der Waals surface area contributed by atoms with Crippen LogP contribution in [0.25, 0.3) is 0 Å². The molecule has 6 nitrogen and oxygen atoms in total. The van der Waals surface area contributed by atoms with E-state index < -0.39 is 25.3 Å². The summed E-state index contributed by atoms with van der Waals surface area (Å²) in [5.74, 6) is -0.836. The molecule has 1 saturated heterocycles. The number of hydrogen-bond acceptors (Lipinski definition) is 4. The maximum atomic E-state index is 11.9. The molecule has 0 aromatic heterocycles. The van der Waals surface area contributed by atoms with Gasteiger partial charge in [-0.15, -0.1) is 0 Å². The summed E-state index contributed by atoms with van der Waals surface area (Å²) in [6, 6.07) is 4.65. The molecule has 1 aromatic carbocycles. The van der Waals surface area contributed by atoms with E-state index in [2.05, 4.69) is 15.4 Å². The molecule has 132 valence electrons. The van der Waals surface area contributed by atoms with Crippen molar-refractivity contribution in [3.8, 4) is 0 Å². The second-order valence-corrected chi connectivity index (χ2v) is 5.50. The Labute approximate surface area is 140 Å². The van der Waals surface area contributed by atoms with E-state index in [1.54, 1.807) is 17.0 Å². The average Bonchev–Trinajstić information content (AvgIpc) is 2.46. The predicted octanol–water partition coefficient (Wildman–Crippen LogP) is 1.79. The van der Waals surface area contributed by atoms with Crippen molar-refractivity contribution >= 4 is 34.8 Å². The summed E-state index contributed by atoms with van der Waals surface area (Å²) in [7, 11) is 0. The van der Waals surface area contributed by atoms with Crippen molar-refractivity contribution in [2.45, 2.75) is 6.18 Å². The zero-order chi connectivity index (χ0) is 17.7. The summed E-state index contributed by atoms with van der Waals surface area (Å²) in [5.41, 5.74) is 0.962. The molecule has 0 radical (unpaired) electrons. The van der Waals surface area contributed by atoms with Crippen molar-refractivity contribution in [3.63, 3.8) is 0 Å². The zero-order valence-electron chi connectivity index (χ0n) is 12.5. The lowest BCUT2D eigenvalue weighted by atomic mass is 10.2. The normalized spacial score (nSPS) is 15.2. The number of nitrogens with one attached hydrogen (secondary N) is 2. The van der Waals surface area contributed by atoms with E-state index in [1.807, 2.05) is 0 Å². The number of hydrogen-bond donors (Lipinski definition) is 2. The average molecular weight is 366 g/mol. The van der Waals surface area contributed by atoms with E-state index in [9.17, 15) is 22.8 Å². The molecule has 2 rings (SSSR count). The van der Waals surface area contributed by atoms with E-state index in [0.29, 0.717) is 29.5 Å². The summed E-state index contributed by atoms with van der Waals surface area (Å²) in [6.45, 7) is -0.925. The Morgan fingerprint density at radius 3 is 2.79 bits per heavy atom. The lowest BCUT2D eigenvalue weighted by Gasteiger charge is -2.29. The number of ether oxygens (including phenoxy) is 1. The SMILES string of the molecule is O=C1CN(c2ccc(NC(=O)COCC(F)(F)F)cc2Cl)CCN1. The van der Waals surface area contributed by atoms with Crippen molar-refractivity contribution in [3.05, 3.63) is 23.2 Å². The highest BCUT2D eigenvalue weighted by Crippen LogP contribution is 2.29. The van der Waals surface area contributed by atoms with E-state index >= 15 is 0 Å². The molecule has 0 bridgehead atoms. The zero-order valence-corrected chi connectivity index (χ0v) is 13.2. The number of carbonyl (C=O) groups is 2. The monoisotopic (exact) mass is 365 g/mol. The molecule has 1 fully saturated rings. The summed E-state index contributed by atoms with van der Waals surface area (Å²) >= 11 is 6.15. The number of anilines is 2. The Morgan fingerprint density at radius 1 is 1.42 bits per heavy atom. The lowest BCUT2D eigenvalue weighted by Crippen LogP contribution is -2.47. The van der Waals surface area contributed by atoms with Gasteiger partial charge in [-0.1, -0.05) is 11.6 Å². The van der Waals surface area contributed by atoms with Crippen LogP contribution in [0, 0.1) is 0 Å². The summed E-state index contributed by atoms with van der Waals surface area (Å²) in [4.78, 5) is 24.7. The maximum absolute atomic E-state index is 11.9. The van der Waals surface area contributed by atoms with E-state index in [-0.39, 0.29) is 12.5 Å². The number of nitrogens with zero attached hydrogens (tertiary/aromatic N) is 1. The van der Waals surface area contributed by atoms with Crippen molar-refractivity contribution in [2.24, 2.45) is 0 Å². The van der Waals surface area contributed by atoms with Crippen LogP contribution in [0.1, 0.15) is 0 Å². The molecular formula is C14H15ClF3N3O3. The maximum Gasteiger partial charge on any atom is 0.411 e. The van der Waals surface area contributed by atoms with Gasteiger partial charge in [-0.2, -0.15) is 13.2 Å². The minimum atomic E-state index is -4.48. The van der Waals surface area contributed by atoms with Crippen LogP contribution in [-0.4, -0.2) is 50.8 Å². The van der Waals surface area contributed by atoms with Gasteiger partial charge in [-0.25, -0.2) is 0 Å². The summed E-state index contributed by atoms with van der Waals surface area (Å²) in [6.07, 6.45) is -4.48. The molecule has 24 heavy (non-hydrogen) atoms. The van der Waals surface area contributed by atoms with Crippen LogP contribution in [0.2, 0.25) is 5.02 Å². The molecule has 1 heterocycles. The first-order valence-electron chi connectivity index (χ1n) is 7.00. The van der Waals surface area contributed by atoms with Crippen LogP contribution < -0.4 is 15.5 Å². The van der Waals surface area contributed by atoms with Gasteiger partial charge in [0, 0.05) is 18.8 Å². The van der Waals surface area contributed by atoms with Crippen molar-refractivity contribution in [1.29, 1.82) is 0 Å². The van der Waals surface area contributed by atoms with Gasteiger partial charge in [-0.05, 0) is 18.2 Å². The Bertz CT molecular complexity index is 625. The summed E-state index contributed by atoms with van der Waals surface area (Å²) in [5, 5.41) is 5.41. The molecule has 10 heteroatoms. The fraction of sp³-hybridized carbons (Fsp3) is 0.429.